The number of carbonyl (C=O) groups excluding carboxylic acids is 1. The largest absolute Gasteiger partial charge is 0.486 e. The molecule has 0 aliphatic carbocycles. The number of likely N-dealkylation sites (tertiary alicyclic amines) is 1. The second kappa shape index (κ2) is 8.94. The van der Waals surface area contributed by atoms with E-state index >= 15 is 0 Å². The number of Topliss-reactive ketones (excluding diaryl/α,β-unsaturated/α-hetero) is 1. The summed E-state index contributed by atoms with van der Waals surface area (Å²) in [5.74, 6) is -0.326. The lowest BCUT2D eigenvalue weighted by molar-refractivity contribution is -0.131. The summed E-state index contributed by atoms with van der Waals surface area (Å²) in [6.45, 7) is 2.83. The molecular formula is C25H28N2O4. The minimum Gasteiger partial charge on any atom is -0.486 e. The molecule has 31 heavy (non-hydrogen) atoms. The molecule has 0 bridgehead atoms. The summed E-state index contributed by atoms with van der Waals surface area (Å²) in [5, 5.41) is 11.9. The topological polar surface area (TPSA) is 78.9 Å². The van der Waals surface area contributed by atoms with Gasteiger partial charge in [0.2, 0.25) is 0 Å². The van der Waals surface area contributed by atoms with Crippen molar-refractivity contribution in [2.75, 3.05) is 32.0 Å². The minimum absolute atomic E-state index is 0.0740. The van der Waals surface area contributed by atoms with Gasteiger partial charge in [0.1, 0.15) is 11.4 Å². The Morgan fingerprint density at radius 1 is 1.19 bits per heavy atom. The Bertz CT molecular complexity index is 989. The van der Waals surface area contributed by atoms with Crippen LogP contribution in [-0.4, -0.2) is 54.0 Å². The highest BCUT2D eigenvalue weighted by Crippen LogP contribution is 2.39. The first-order valence-electron chi connectivity index (χ1n) is 10.7. The molecule has 6 heteroatoms. The summed E-state index contributed by atoms with van der Waals surface area (Å²) in [5.41, 5.74) is 3.25. The molecule has 2 aromatic rings. The van der Waals surface area contributed by atoms with Crippen molar-refractivity contribution >= 4 is 23.5 Å². The van der Waals surface area contributed by atoms with E-state index < -0.39 is 11.6 Å². The van der Waals surface area contributed by atoms with Crippen LogP contribution in [0.5, 0.6) is 5.75 Å². The Kier molecular flexibility index (Phi) is 6.09. The maximum atomic E-state index is 12.9. The molecule has 0 atom stereocenters. The molecule has 0 unspecified atom stereocenters. The molecule has 1 spiro atoms. The number of hydrogen-bond donors (Lipinski definition) is 2. The molecule has 2 aromatic carbocycles. The second-order valence-electron chi connectivity index (χ2n) is 8.35. The Morgan fingerprint density at radius 2 is 1.94 bits per heavy atom. The van der Waals surface area contributed by atoms with Crippen molar-refractivity contribution in [1.82, 2.24) is 4.90 Å². The molecule has 2 heterocycles. The first-order chi connectivity index (χ1) is 15.0. The van der Waals surface area contributed by atoms with Crippen molar-refractivity contribution in [3.8, 4) is 5.75 Å². The van der Waals surface area contributed by atoms with Crippen molar-refractivity contribution in [2.24, 2.45) is 0 Å². The van der Waals surface area contributed by atoms with Crippen LogP contribution in [-0.2, 0) is 11.2 Å². The van der Waals surface area contributed by atoms with Gasteiger partial charge in [-0.3, -0.25) is 4.79 Å². The number of ketones is 1. The third-order valence-corrected chi connectivity index (χ3v) is 6.26. The third kappa shape index (κ3) is 4.97. The Hall–Kier alpha value is -3.12. The van der Waals surface area contributed by atoms with Gasteiger partial charge in [-0.25, -0.2) is 4.79 Å². The van der Waals surface area contributed by atoms with E-state index in [9.17, 15) is 9.59 Å². The highest BCUT2D eigenvalue weighted by atomic mass is 16.5. The van der Waals surface area contributed by atoms with Gasteiger partial charge in [-0.15, -0.1) is 0 Å². The van der Waals surface area contributed by atoms with Crippen LogP contribution in [0.1, 0.15) is 40.7 Å². The van der Waals surface area contributed by atoms with Gasteiger partial charge in [-0.1, -0.05) is 18.2 Å². The van der Waals surface area contributed by atoms with E-state index in [2.05, 4.69) is 34.5 Å². The predicted molar refractivity (Wildman–Crippen MR) is 121 cm³/mol. The zero-order valence-corrected chi connectivity index (χ0v) is 17.8. The zero-order valence-electron chi connectivity index (χ0n) is 17.8. The first kappa shape index (κ1) is 21.1. The smallest absolute Gasteiger partial charge is 0.328 e. The number of hydrogen-bond acceptors (Lipinski definition) is 5. The maximum Gasteiger partial charge on any atom is 0.328 e. The van der Waals surface area contributed by atoms with Gasteiger partial charge in [0.15, 0.2) is 5.78 Å². The van der Waals surface area contributed by atoms with Gasteiger partial charge in [-0.2, -0.15) is 0 Å². The van der Waals surface area contributed by atoms with Crippen molar-refractivity contribution in [3.63, 3.8) is 0 Å². The van der Waals surface area contributed by atoms with E-state index in [1.165, 1.54) is 11.6 Å². The lowest BCUT2D eigenvalue weighted by Crippen LogP contribution is -2.51. The Morgan fingerprint density at radius 3 is 2.61 bits per heavy atom. The minimum atomic E-state index is -1.01. The second-order valence-corrected chi connectivity index (χ2v) is 8.35. The Balaban J connectivity index is 1.35. The number of ether oxygens (including phenoxy) is 1. The van der Waals surface area contributed by atoms with E-state index in [0.29, 0.717) is 23.3 Å². The average molecular weight is 421 g/mol. The van der Waals surface area contributed by atoms with E-state index in [1.807, 2.05) is 7.05 Å². The monoisotopic (exact) mass is 420 g/mol. The van der Waals surface area contributed by atoms with Crippen LogP contribution in [0.25, 0.3) is 6.08 Å². The summed E-state index contributed by atoms with van der Waals surface area (Å²) in [7, 11) is 1.92. The van der Waals surface area contributed by atoms with E-state index in [4.69, 9.17) is 9.84 Å². The number of carboxylic acid groups (broad SMARTS) is 1. The molecule has 2 aliphatic rings. The summed E-state index contributed by atoms with van der Waals surface area (Å²) in [6, 6.07) is 13.8. The van der Waals surface area contributed by atoms with E-state index in [-0.39, 0.29) is 5.78 Å². The molecule has 0 radical (unpaired) electrons. The standard InChI is InChI=1S/C25H28N2O4/c1-26-20-6-2-18(3-7-20)10-13-27-14-11-25(12-15-27)17-22(28)21-16-19(5-9-24(29)30)4-8-23(21)31-25/h2-9,16,26H,10-15,17H2,1H3,(H,29,30). The fraction of sp³-hybridized carbons (Fsp3) is 0.360. The number of nitrogens with one attached hydrogen (secondary N) is 1. The number of carbonyl (C=O) groups is 2. The molecule has 6 nitrogen and oxygen atoms in total. The van der Waals surface area contributed by atoms with Crippen molar-refractivity contribution in [1.29, 1.82) is 0 Å². The molecule has 2 aliphatic heterocycles. The molecule has 4 rings (SSSR count). The van der Waals surface area contributed by atoms with Crippen LogP contribution < -0.4 is 10.1 Å². The highest BCUT2D eigenvalue weighted by molar-refractivity contribution is 6.01. The third-order valence-electron chi connectivity index (χ3n) is 6.26. The maximum absolute atomic E-state index is 12.9. The summed E-state index contributed by atoms with van der Waals surface area (Å²) in [4.78, 5) is 26.0. The van der Waals surface area contributed by atoms with Crippen LogP contribution in [0.4, 0.5) is 5.69 Å². The fourth-order valence-corrected chi connectivity index (χ4v) is 4.37. The summed E-state index contributed by atoms with van der Waals surface area (Å²) >= 11 is 0. The number of aliphatic carboxylic acids is 1. The van der Waals surface area contributed by atoms with Crippen molar-refractivity contribution in [2.45, 2.75) is 31.3 Å². The Labute approximate surface area is 182 Å². The number of nitrogens with zero attached hydrogens (tertiary/aromatic N) is 1. The van der Waals surface area contributed by atoms with Crippen LogP contribution in [0.2, 0.25) is 0 Å². The molecule has 2 N–H and O–H groups in total. The number of benzene rings is 2. The van der Waals surface area contributed by atoms with Gasteiger partial charge in [0.25, 0.3) is 0 Å². The predicted octanol–water partition coefficient (Wildman–Crippen LogP) is 3.87. The van der Waals surface area contributed by atoms with Crippen LogP contribution in [0.3, 0.4) is 0 Å². The van der Waals surface area contributed by atoms with E-state index in [0.717, 1.165) is 50.7 Å². The fourth-order valence-electron chi connectivity index (χ4n) is 4.37. The summed E-state index contributed by atoms with van der Waals surface area (Å²) in [6.07, 6.45) is 5.61. The van der Waals surface area contributed by atoms with Gasteiger partial charge in [-0.05, 0) is 47.9 Å². The number of carboxylic acids is 1. The van der Waals surface area contributed by atoms with Crippen LogP contribution in [0.15, 0.2) is 48.5 Å². The van der Waals surface area contributed by atoms with Gasteiger partial charge in [0.05, 0.1) is 12.0 Å². The molecule has 162 valence electrons. The zero-order chi connectivity index (χ0) is 21.8. The number of piperidine rings is 1. The number of rotatable bonds is 6. The average Bonchev–Trinajstić information content (AvgIpc) is 2.78. The molecule has 1 saturated heterocycles. The normalized spacial score (nSPS) is 18.0. The van der Waals surface area contributed by atoms with Crippen LogP contribution in [0, 0.1) is 0 Å². The number of fused-ring (bicyclic) bond motifs is 1. The number of anilines is 1. The van der Waals surface area contributed by atoms with Gasteiger partial charge in [0, 0.05) is 51.3 Å². The first-order valence-corrected chi connectivity index (χ1v) is 10.7. The van der Waals surface area contributed by atoms with Crippen LogP contribution >= 0.6 is 0 Å². The lowest BCUT2D eigenvalue weighted by Gasteiger charge is -2.44. The van der Waals surface area contributed by atoms with Gasteiger partial charge >= 0.3 is 5.97 Å². The van der Waals surface area contributed by atoms with E-state index in [1.54, 1.807) is 18.2 Å². The molecule has 0 amide bonds. The SMILES string of the molecule is CNc1ccc(CCN2CCC3(CC2)CC(=O)c2cc(C=CC(=O)O)ccc2O3)cc1. The highest BCUT2D eigenvalue weighted by Gasteiger charge is 2.42. The molecule has 1 fully saturated rings. The van der Waals surface area contributed by atoms with Crippen molar-refractivity contribution in [3.05, 3.63) is 65.2 Å². The quantitative estimate of drug-likeness (QED) is 0.691. The lowest BCUT2D eigenvalue weighted by atomic mass is 9.82. The molecule has 0 aromatic heterocycles. The summed E-state index contributed by atoms with van der Waals surface area (Å²) < 4.78 is 6.35. The molecule has 0 saturated carbocycles. The van der Waals surface area contributed by atoms with Gasteiger partial charge < -0.3 is 20.1 Å². The molecular weight excluding hydrogens is 392 g/mol. The van der Waals surface area contributed by atoms with Crippen molar-refractivity contribution < 1.29 is 19.4 Å².